The minimum absolute atomic E-state index is 0.0249. The lowest BCUT2D eigenvalue weighted by Gasteiger charge is -2.12. The Balaban J connectivity index is 2.01. The van der Waals surface area contributed by atoms with Crippen molar-refractivity contribution in [2.75, 3.05) is 18.4 Å². The second-order valence-electron chi connectivity index (χ2n) is 4.37. The first kappa shape index (κ1) is 13.1. The first-order chi connectivity index (χ1) is 8.70. The second-order valence-corrected chi connectivity index (χ2v) is 5.32. The summed E-state index contributed by atoms with van der Waals surface area (Å²) in [6.45, 7) is 5.57. The third-order valence-corrected chi connectivity index (χ3v) is 3.77. The van der Waals surface area contributed by atoms with E-state index in [1.165, 1.54) is 10.1 Å². The van der Waals surface area contributed by atoms with Crippen LogP contribution in [0.5, 0.6) is 0 Å². The Labute approximate surface area is 111 Å². The quantitative estimate of drug-likeness (QED) is 0.869. The molecule has 0 saturated heterocycles. The first-order valence-electron chi connectivity index (χ1n) is 6.19. The smallest absolute Gasteiger partial charge is 0.228 e. The number of hydrogen-bond donors (Lipinski definition) is 2. The van der Waals surface area contributed by atoms with Crippen molar-refractivity contribution in [2.24, 2.45) is 5.92 Å². The van der Waals surface area contributed by atoms with Gasteiger partial charge in [0.2, 0.25) is 5.91 Å². The molecule has 0 fully saturated rings. The fourth-order valence-electron chi connectivity index (χ4n) is 1.76. The van der Waals surface area contributed by atoms with Crippen molar-refractivity contribution in [3.8, 4) is 0 Å². The number of anilines is 1. The molecule has 4 heteroatoms. The predicted molar refractivity (Wildman–Crippen MR) is 78.2 cm³/mol. The average molecular weight is 262 g/mol. The highest BCUT2D eigenvalue weighted by molar-refractivity contribution is 7.17. The molecule has 0 aliphatic rings. The largest absolute Gasteiger partial charge is 0.326 e. The maximum absolute atomic E-state index is 11.9. The van der Waals surface area contributed by atoms with Crippen LogP contribution in [0.1, 0.15) is 13.8 Å². The molecule has 1 amide bonds. The molecule has 1 aromatic carbocycles. The van der Waals surface area contributed by atoms with E-state index in [1.807, 2.05) is 32.0 Å². The van der Waals surface area contributed by atoms with Gasteiger partial charge >= 0.3 is 0 Å². The molecule has 0 radical (unpaired) electrons. The lowest BCUT2D eigenvalue weighted by atomic mass is 10.1. The molecule has 1 heterocycles. The summed E-state index contributed by atoms with van der Waals surface area (Å²) in [6.07, 6.45) is 0. The van der Waals surface area contributed by atoms with E-state index in [0.29, 0.717) is 6.54 Å². The van der Waals surface area contributed by atoms with Crippen LogP contribution in [0, 0.1) is 5.92 Å². The van der Waals surface area contributed by atoms with Crippen LogP contribution < -0.4 is 10.6 Å². The van der Waals surface area contributed by atoms with Crippen molar-refractivity contribution in [3.05, 3.63) is 29.6 Å². The Morgan fingerprint density at radius 1 is 1.39 bits per heavy atom. The monoisotopic (exact) mass is 262 g/mol. The zero-order chi connectivity index (χ0) is 13.0. The van der Waals surface area contributed by atoms with Gasteiger partial charge < -0.3 is 10.6 Å². The molecule has 0 bridgehead atoms. The fraction of sp³-hybridized carbons (Fsp3) is 0.357. The van der Waals surface area contributed by atoms with E-state index in [0.717, 1.165) is 12.2 Å². The van der Waals surface area contributed by atoms with E-state index in [1.54, 1.807) is 11.3 Å². The molecule has 1 unspecified atom stereocenters. The zero-order valence-corrected chi connectivity index (χ0v) is 11.5. The average Bonchev–Trinajstić information content (AvgIpc) is 2.83. The highest BCUT2D eigenvalue weighted by Gasteiger charge is 2.12. The van der Waals surface area contributed by atoms with Crippen LogP contribution in [0.4, 0.5) is 5.69 Å². The van der Waals surface area contributed by atoms with Gasteiger partial charge in [-0.15, -0.1) is 11.3 Å². The van der Waals surface area contributed by atoms with Crippen LogP contribution >= 0.6 is 11.3 Å². The Morgan fingerprint density at radius 3 is 3.00 bits per heavy atom. The molecule has 2 N–H and O–H groups in total. The van der Waals surface area contributed by atoms with E-state index in [9.17, 15) is 4.79 Å². The van der Waals surface area contributed by atoms with Gasteiger partial charge in [0.25, 0.3) is 0 Å². The molecule has 1 aromatic heterocycles. The molecular formula is C14H18N2OS. The summed E-state index contributed by atoms with van der Waals surface area (Å²) < 4.78 is 1.24. The molecule has 0 aliphatic carbocycles. The maximum atomic E-state index is 11.9. The molecular weight excluding hydrogens is 244 g/mol. The van der Waals surface area contributed by atoms with Crippen LogP contribution in [-0.2, 0) is 4.79 Å². The normalized spacial score (nSPS) is 12.6. The lowest BCUT2D eigenvalue weighted by molar-refractivity contribution is -0.119. The summed E-state index contributed by atoms with van der Waals surface area (Å²) in [5.41, 5.74) is 0.870. The molecule has 0 spiro atoms. The van der Waals surface area contributed by atoms with Crippen molar-refractivity contribution in [1.29, 1.82) is 0 Å². The summed E-state index contributed by atoms with van der Waals surface area (Å²) in [4.78, 5) is 11.9. The van der Waals surface area contributed by atoms with Crippen molar-refractivity contribution in [1.82, 2.24) is 5.32 Å². The van der Waals surface area contributed by atoms with Crippen LogP contribution in [-0.4, -0.2) is 19.0 Å². The molecule has 3 nitrogen and oxygen atoms in total. The fourth-order valence-corrected chi connectivity index (χ4v) is 2.53. The zero-order valence-electron chi connectivity index (χ0n) is 10.7. The minimum Gasteiger partial charge on any atom is -0.326 e. The summed E-state index contributed by atoms with van der Waals surface area (Å²) >= 11 is 1.71. The van der Waals surface area contributed by atoms with E-state index >= 15 is 0 Å². The van der Waals surface area contributed by atoms with E-state index in [4.69, 9.17) is 0 Å². The molecule has 2 aromatic rings. The maximum Gasteiger partial charge on any atom is 0.228 e. The molecule has 2 rings (SSSR count). The third kappa shape index (κ3) is 3.09. The number of carbonyl (C=O) groups excluding carboxylic acids is 1. The number of benzene rings is 1. The van der Waals surface area contributed by atoms with Gasteiger partial charge in [0.05, 0.1) is 0 Å². The lowest BCUT2D eigenvalue weighted by Crippen LogP contribution is -2.30. The second kappa shape index (κ2) is 5.98. The van der Waals surface area contributed by atoms with Crippen LogP contribution in [0.3, 0.4) is 0 Å². The van der Waals surface area contributed by atoms with E-state index in [-0.39, 0.29) is 11.8 Å². The van der Waals surface area contributed by atoms with Gasteiger partial charge in [-0.2, -0.15) is 0 Å². The van der Waals surface area contributed by atoms with Gasteiger partial charge in [-0.25, -0.2) is 0 Å². The number of nitrogens with one attached hydrogen (secondary N) is 2. The van der Waals surface area contributed by atoms with Gasteiger partial charge in [0.1, 0.15) is 0 Å². The van der Waals surface area contributed by atoms with Crippen molar-refractivity contribution < 1.29 is 4.79 Å². The SMILES string of the molecule is CCNCC(C)C(=O)Nc1ccc2sccc2c1. The van der Waals surface area contributed by atoms with Gasteiger partial charge in [-0.3, -0.25) is 4.79 Å². The predicted octanol–water partition coefficient (Wildman–Crippen LogP) is 3.09. The number of rotatable bonds is 5. The van der Waals surface area contributed by atoms with Gasteiger partial charge in [0.15, 0.2) is 0 Å². The van der Waals surface area contributed by atoms with Crippen LogP contribution in [0.25, 0.3) is 10.1 Å². The topological polar surface area (TPSA) is 41.1 Å². The first-order valence-corrected chi connectivity index (χ1v) is 7.07. The van der Waals surface area contributed by atoms with Crippen molar-refractivity contribution >= 4 is 33.0 Å². The Kier molecular flexibility index (Phi) is 4.33. The Morgan fingerprint density at radius 2 is 2.22 bits per heavy atom. The Hall–Kier alpha value is -1.39. The molecule has 1 atom stereocenters. The number of carbonyl (C=O) groups is 1. The van der Waals surface area contributed by atoms with Crippen molar-refractivity contribution in [3.63, 3.8) is 0 Å². The summed E-state index contributed by atoms with van der Waals surface area (Å²) in [5.74, 6) is 0.0358. The van der Waals surface area contributed by atoms with E-state index in [2.05, 4.69) is 22.1 Å². The van der Waals surface area contributed by atoms with Crippen LogP contribution in [0.2, 0.25) is 0 Å². The minimum atomic E-state index is -0.0249. The van der Waals surface area contributed by atoms with Gasteiger partial charge in [-0.1, -0.05) is 13.8 Å². The summed E-state index contributed by atoms with van der Waals surface area (Å²) in [6, 6.07) is 8.09. The number of fused-ring (bicyclic) bond motifs is 1. The highest BCUT2D eigenvalue weighted by Crippen LogP contribution is 2.24. The van der Waals surface area contributed by atoms with Crippen LogP contribution in [0.15, 0.2) is 29.6 Å². The third-order valence-electron chi connectivity index (χ3n) is 2.87. The highest BCUT2D eigenvalue weighted by atomic mass is 32.1. The Bertz CT molecular complexity index is 535. The molecule has 0 aliphatic heterocycles. The number of hydrogen-bond acceptors (Lipinski definition) is 3. The number of amides is 1. The summed E-state index contributed by atoms with van der Waals surface area (Å²) in [7, 11) is 0. The van der Waals surface area contributed by atoms with E-state index < -0.39 is 0 Å². The molecule has 18 heavy (non-hydrogen) atoms. The summed E-state index contributed by atoms with van der Waals surface area (Å²) in [5, 5.41) is 9.38. The van der Waals surface area contributed by atoms with Crippen molar-refractivity contribution in [2.45, 2.75) is 13.8 Å². The van der Waals surface area contributed by atoms with Gasteiger partial charge in [-0.05, 0) is 41.6 Å². The molecule has 96 valence electrons. The molecule has 0 saturated carbocycles. The number of thiophene rings is 1. The standard InChI is InChI=1S/C14H18N2OS/c1-3-15-9-10(2)14(17)16-12-4-5-13-11(8-12)6-7-18-13/h4-8,10,15H,3,9H2,1-2H3,(H,16,17). The van der Waals surface area contributed by atoms with Gasteiger partial charge in [0, 0.05) is 22.8 Å².